The highest BCUT2D eigenvalue weighted by molar-refractivity contribution is 6.31. The molecule has 1 aromatic rings. The zero-order valence-corrected chi connectivity index (χ0v) is 11.7. The van der Waals surface area contributed by atoms with Crippen LogP contribution in [0.5, 0.6) is 0 Å². The Hall–Kier alpha value is -0.600. The Morgan fingerprint density at radius 2 is 2.06 bits per heavy atom. The molecule has 0 aliphatic heterocycles. The molecular formula is C14H21ClFN. The predicted octanol–water partition coefficient (Wildman–Crippen LogP) is 4.48. The summed E-state index contributed by atoms with van der Waals surface area (Å²) < 4.78 is 13.4. The van der Waals surface area contributed by atoms with E-state index < -0.39 is 0 Å². The van der Waals surface area contributed by atoms with Gasteiger partial charge < -0.3 is 5.32 Å². The van der Waals surface area contributed by atoms with E-state index in [2.05, 4.69) is 19.2 Å². The molecule has 0 saturated heterocycles. The number of hydrogen-bond donors (Lipinski definition) is 1. The number of rotatable bonds is 5. The summed E-state index contributed by atoms with van der Waals surface area (Å²) in [6, 6.07) is 3.45. The van der Waals surface area contributed by atoms with Crippen LogP contribution in [0, 0.1) is 18.7 Å². The lowest BCUT2D eigenvalue weighted by Gasteiger charge is -2.25. The van der Waals surface area contributed by atoms with Crippen LogP contribution in [0.1, 0.15) is 43.9 Å². The summed E-state index contributed by atoms with van der Waals surface area (Å²) in [5.74, 6) is 0.240. The van der Waals surface area contributed by atoms with Crippen LogP contribution in [0.15, 0.2) is 12.1 Å². The molecule has 2 atom stereocenters. The molecule has 0 saturated carbocycles. The first-order valence-corrected chi connectivity index (χ1v) is 6.51. The fourth-order valence-corrected chi connectivity index (χ4v) is 2.55. The smallest absolute Gasteiger partial charge is 0.127 e. The molecule has 0 radical (unpaired) electrons. The highest BCUT2D eigenvalue weighted by Gasteiger charge is 2.20. The lowest BCUT2D eigenvalue weighted by Crippen LogP contribution is -2.24. The molecule has 0 amide bonds. The molecule has 0 aliphatic carbocycles. The van der Waals surface area contributed by atoms with E-state index in [1.54, 1.807) is 6.92 Å². The van der Waals surface area contributed by atoms with E-state index >= 15 is 0 Å². The topological polar surface area (TPSA) is 12.0 Å². The van der Waals surface area contributed by atoms with Crippen molar-refractivity contribution in [3.05, 3.63) is 34.1 Å². The van der Waals surface area contributed by atoms with Crippen LogP contribution in [-0.2, 0) is 0 Å². The molecule has 0 aromatic heterocycles. The maximum absolute atomic E-state index is 13.4. The molecule has 17 heavy (non-hydrogen) atoms. The van der Waals surface area contributed by atoms with Crippen LogP contribution in [0.2, 0.25) is 5.02 Å². The van der Waals surface area contributed by atoms with Crippen molar-refractivity contribution < 1.29 is 4.39 Å². The van der Waals surface area contributed by atoms with Gasteiger partial charge in [0.05, 0.1) is 0 Å². The van der Waals surface area contributed by atoms with Crippen molar-refractivity contribution in [3.8, 4) is 0 Å². The Morgan fingerprint density at radius 1 is 1.41 bits per heavy atom. The maximum atomic E-state index is 13.4. The van der Waals surface area contributed by atoms with E-state index in [9.17, 15) is 4.39 Å². The molecule has 3 heteroatoms. The van der Waals surface area contributed by atoms with Crippen LogP contribution in [0.25, 0.3) is 0 Å². The molecule has 2 unspecified atom stereocenters. The lowest BCUT2D eigenvalue weighted by molar-refractivity contribution is 0.383. The maximum Gasteiger partial charge on any atom is 0.127 e. The van der Waals surface area contributed by atoms with Crippen molar-refractivity contribution in [1.29, 1.82) is 0 Å². The zero-order valence-electron chi connectivity index (χ0n) is 11.0. The molecule has 0 aliphatic rings. The van der Waals surface area contributed by atoms with Gasteiger partial charge in [-0.25, -0.2) is 4.39 Å². The minimum absolute atomic E-state index is 0.182. The van der Waals surface area contributed by atoms with Crippen LogP contribution < -0.4 is 5.32 Å². The third kappa shape index (κ3) is 3.43. The number of aryl methyl sites for hydroxylation is 1. The second kappa shape index (κ2) is 6.36. The fraction of sp³-hybridized carbons (Fsp3) is 0.571. The van der Waals surface area contributed by atoms with Gasteiger partial charge in [-0.1, -0.05) is 37.9 Å². The average molecular weight is 258 g/mol. The van der Waals surface area contributed by atoms with Gasteiger partial charge in [0.1, 0.15) is 5.82 Å². The molecular weight excluding hydrogens is 237 g/mol. The Labute approximate surface area is 108 Å². The Bertz CT molecular complexity index is 379. The summed E-state index contributed by atoms with van der Waals surface area (Å²) >= 11 is 6.14. The summed E-state index contributed by atoms with van der Waals surface area (Å²) in [5, 5.41) is 3.79. The number of halogens is 2. The first-order valence-electron chi connectivity index (χ1n) is 6.14. The number of nitrogens with one attached hydrogen (secondary N) is 1. The van der Waals surface area contributed by atoms with E-state index in [1.165, 1.54) is 6.07 Å². The minimum atomic E-state index is -0.239. The second-order valence-electron chi connectivity index (χ2n) is 4.66. The zero-order chi connectivity index (χ0) is 13.0. The van der Waals surface area contributed by atoms with Gasteiger partial charge in [0, 0.05) is 11.1 Å². The largest absolute Gasteiger partial charge is 0.313 e. The van der Waals surface area contributed by atoms with Crippen molar-refractivity contribution in [3.63, 3.8) is 0 Å². The molecule has 0 spiro atoms. The second-order valence-corrected chi connectivity index (χ2v) is 5.06. The summed E-state index contributed by atoms with van der Waals surface area (Å²) in [4.78, 5) is 0. The van der Waals surface area contributed by atoms with E-state index in [0.29, 0.717) is 16.5 Å². The van der Waals surface area contributed by atoms with Crippen LogP contribution in [0.3, 0.4) is 0 Å². The van der Waals surface area contributed by atoms with E-state index in [4.69, 9.17) is 11.6 Å². The van der Waals surface area contributed by atoms with E-state index in [1.807, 2.05) is 13.1 Å². The summed E-state index contributed by atoms with van der Waals surface area (Å²) in [6.07, 6.45) is 2.26. The molecule has 1 rings (SSSR count). The highest BCUT2D eigenvalue weighted by Crippen LogP contribution is 2.32. The standard InChI is InChI=1S/C14H21ClFN/c1-5-6-9(2)14(17-4)11-7-10(3)13(16)8-12(11)15/h7-9,14,17H,5-6H2,1-4H3. The molecule has 0 heterocycles. The Morgan fingerprint density at radius 3 is 2.59 bits per heavy atom. The summed E-state index contributed by atoms with van der Waals surface area (Å²) in [7, 11) is 1.92. The fourth-order valence-electron chi connectivity index (χ4n) is 2.29. The van der Waals surface area contributed by atoms with Gasteiger partial charge in [-0.3, -0.25) is 0 Å². The molecule has 96 valence electrons. The summed E-state index contributed by atoms with van der Waals surface area (Å²) in [6.45, 7) is 6.13. The molecule has 0 fully saturated rings. The number of hydrogen-bond acceptors (Lipinski definition) is 1. The Balaban J connectivity index is 3.07. The highest BCUT2D eigenvalue weighted by atomic mass is 35.5. The SMILES string of the molecule is CCCC(C)C(NC)c1cc(C)c(F)cc1Cl. The first-order chi connectivity index (χ1) is 8.01. The van der Waals surface area contributed by atoms with Gasteiger partial charge in [0.2, 0.25) is 0 Å². The first kappa shape index (κ1) is 14.5. The van der Waals surface area contributed by atoms with Crippen LogP contribution in [0.4, 0.5) is 4.39 Å². The molecule has 1 aromatic carbocycles. The normalized spacial score (nSPS) is 14.7. The molecule has 1 N–H and O–H groups in total. The van der Waals surface area contributed by atoms with E-state index in [0.717, 1.165) is 18.4 Å². The Kier molecular flexibility index (Phi) is 5.41. The van der Waals surface area contributed by atoms with Gasteiger partial charge in [-0.05, 0) is 43.5 Å². The lowest BCUT2D eigenvalue weighted by atomic mass is 9.90. The average Bonchev–Trinajstić information content (AvgIpc) is 2.26. The summed E-state index contributed by atoms with van der Waals surface area (Å²) in [5.41, 5.74) is 1.64. The minimum Gasteiger partial charge on any atom is -0.313 e. The van der Waals surface area contributed by atoms with Gasteiger partial charge in [-0.15, -0.1) is 0 Å². The molecule has 1 nitrogen and oxygen atoms in total. The van der Waals surface area contributed by atoms with Crippen molar-refractivity contribution >= 4 is 11.6 Å². The third-order valence-corrected chi connectivity index (χ3v) is 3.56. The van der Waals surface area contributed by atoms with E-state index in [-0.39, 0.29) is 11.9 Å². The van der Waals surface area contributed by atoms with Crippen molar-refractivity contribution in [2.75, 3.05) is 7.05 Å². The van der Waals surface area contributed by atoms with Gasteiger partial charge >= 0.3 is 0 Å². The van der Waals surface area contributed by atoms with Crippen LogP contribution >= 0.6 is 11.6 Å². The predicted molar refractivity (Wildman–Crippen MR) is 72.0 cm³/mol. The van der Waals surface area contributed by atoms with Gasteiger partial charge in [-0.2, -0.15) is 0 Å². The van der Waals surface area contributed by atoms with Crippen molar-refractivity contribution in [2.45, 2.75) is 39.7 Å². The molecule has 0 bridgehead atoms. The third-order valence-electron chi connectivity index (χ3n) is 3.24. The number of benzene rings is 1. The quantitative estimate of drug-likeness (QED) is 0.820. The van der Waals surface area contributed by atoms with Gasteiger partial charge in [0.25, 0.3) is 0 Å². The van der Waals surface area contributed by atoms with Gasteiger partial charge in [0.15, 0.2) is 0 Å². The van der Waals surface area contributed by atoms with Crippen molar-refractivity contribution in [1.82, 2.24) is 5.32 Å². The van der Waals surface area contributed by atoms with Crippen molar-refractivity contribution in [2.24, 2.45) is 5.92 Å². The van der Waals surface area contributed by atoms with Crippen LogP contribution in [-0.4, -0.2) is 7.05 Å². The monoisotopic (exact) mass is 257 g/mol.